The van der Waals surface area contributed by atoms with E-state index in [0.29, 0.717) is 24.9 Å². The highest BCUT2D eigenvalue weighted by molar-refractivity contribution is 6.20. The highest BCUT2D eigenvalue weighted by Gasteiger charge is 2.52. The molecule has 2 aliphatic heterocycles. The third kappa shape index (κ3) is 6.76. The van der Waals surface area contributed by atoms with Gasteiger partial charge in [-0.15, -0.1) is 23.2 Å². The molecule has 0 spiro atoms. The summed E-state index contributed by atoms with van der Waals surface area (Å²) in [5.41, 5.74) is 0. The van der Waals surface area contributed by atoms with E-state index in [9.17, 15) is 9.59 Å². The van der Waals surface area contributed by atoms with Crippen molar-refractivity contribution in [1.29, 1.82) is 0 Å². The Labute approximate surface area is 249 Å². The first kappa shape index (κ1) is 30.4. The molecular formula is C30H48Cl2N4O4. The van der Waals surface area contributed by atoms with Gasteiger partial charge in [0.05, 0.1) is 30.4 Å². The van der Waals surface area contributed by atoms with Crippen LogP contribution in [0.5, 0.6) is 0 Å². The zero-order chi connectivity index (χ0) is 28.4. The molecule has 3 saturated carbocycles. The monoisotopic (exact) mass is 598 g/mol. The molecule has 1 saturated heterocycles. The van der Waals surface area contributed by atoms with Crippen molar-refractivity contribution in [3.05, 3.63) is 0 Å². The Hall–Kier alpha value is -1.09. The van der Waals surface area contributed by atoms with Crippen molar-refractivity contribution < 1.29 is 19.1 Å². The van der Waals surface area contributed by atoms with Gasteiger partial charge in [-0.2, -0.15) is 0 Å². The molecule has 3 amide bonds. The van der Waals surface area contributed by atoms with Crippen molar-refractivity contribution >= 4 is 41.0 Å². The van der Waals surface area contributed by atoms with Gasteiger partial charge >= 0.3 is 6.03 Å². The second-order valence-corrected chi connectivity index (χ2v) is 14.2. The molecule has 40 heavy (non-hydrogen) atoms. The van der Waals surface area contributed by atoms with Gasteiger partial charge in [0.1, 0.15) is 12.4 Å². The Morgan fingerprint density at radius 1 is 1.00 bits per heavy atom. The van der Waals surface area contributed by atoms with Crippen molar-refractivity contribution in [2.24, 2.45) is 22.7 Å². The Morgan fingerprint density at radius 3 is 2.45 bits per heavy atom. The van der Waals surface area contributed by atoms with E-state index < -0.39 is 0 Å². The summed E-state index contributed by atoms with van der Waals surface area (Å²) in [5.74, 6) is 1.43. The third-order valence-electron chi connectivity index (χ3n) is 9.86. The standard InChI is InChI=1S/C30H48Cl2N4O4/c1-18(2)40-25-16-23(39-3)11-12-24(25)29-34-27(20-5-4-6-22(32)15-20)28(19-7-9-21(31)10-8-19)36(29)30(38)35-14-13-33-26(37)17-35/h18-25,27-28H,4-17H2,1-3H3,(H,33,37)/t19?,20?,21?,22?,23?,24?,25?,27-,28+/m0/s1. The maximum absolute atomic E-state index is 14.5. The average Bonchev–Trinajstić information content (AvgIpc) is 3.33. The molecule has 2 heterocycles. The molecule has 5 aliphatic rings. The van der Waals surface area contributed by atoms with Crippen LogP contribution in [0.15, 0.2) is 4.99 Å². The number of carbonyl (C=O) groups is 2. The molecule has 5 rings (SSSR count). The number of hydrogen-bond donors (Lipinski definition) is 1. The van der Waals surface area contributed by atoms with Crippen LogP contribution in [0.25, 0.3) is 0 Å². The highest BCUT2D eigenvalue weighted by Crippen LogP contribution is 2.45. The average molecular weight is 600 g/mol. The van der Waals surface area contributed by atoms with E-state index in [1.165, 1.54) is 0 Å². The van der Waals surface area contributed by atoms with Gasteiger partial charge in [0, 0.05) is 43.3 Å². The molecular weight excluding hydrogens is 551 g/mol. The fourth-order valence-corrected chi connectivity index (χ4v) is 8.56. The summed E-state index contributed by atoms with van der Waals surface area (Å²) in [4.78, 5) is 36.2. The van der Waals surface area contributed by atoms with E-state index in [2.05, 4.69) is 24.1 Å². The van der Waals surface area contributed by atoms with Gasteiger partial charge in [0.25, 0.3) is 0 Å². The fourth-order valence-electron chi connectivity index (χ4n) is 7.92. The second kappa shape index (κ2) is 13.5. The smallest absolute Gasteiger partial charge is 0.326 e. The number of alkyl halides is 2. The largest absolute Gasteiger partial charge is 0.381 e. The Kier molecular flexibility index (Phi) is 10.2. The van der Waals surface area contributed by atoms with Crippen LogP contribution < -0.4 is 5.32 Å². The first-order valence-corrected chi connectivity index (χ1v) is 16.5. The summed E-state index contributed by atoms with van der Waals surface area (Å²) in [5, 5.41) is 3.22. The topological polar surface area (TPSA) is 83.5 Å². The summed E-state index contributed by atoms with van der Waals surface area (Å²) in [6.07, 6.45) is 10.7. The van der Waals surface area contributed by atoms with Crippen LogP contribution in [-0.4, -0.2) is 95.5 Å². The minimum atomic E-state index is -0.105. The van der Waals surface area contributed by atoms with Crippen molar-refractivity contribution in [2.75, 3.05) is 26.7 Å². The van der Waals surface area contributed by atoms with Gasteiger partial charge < -0.3 is 19.7 Å². The molecule has 0 aromatic carbocycles. The zero-order valence-electron chi connectivity index (χ0n) is 24.4. The lowest BCUT2D eigenvalue weighted by Crippen LogP contribution is -2.60. The number of rotatable bonds is 6. The van der Waals surface area contributed by atoms with Crippen molar-refractivity contribution in [3.63, 3.8) is 0 Å². The van der Waals surface area contributed by atoms with Gasteiger partial charge in [-0.05, 0) is 83.5 Å². The number of nitrogens with zero attached hydrogens (tertiary/aromatic N) is 3. The molecule has 0 bridgehead atoms. The summed E-state index contributed by atoms with van der Waals surface area (Å²) >= 11 is 13.3. The summed E-state index contributed by atoms with van der Waals surface area (Å²) in [6.45, 7) is 5.21. The van der Waals surface area contributed by atoms with Gasteiger partial charge in [-0.25, -0.2) is 4.79 Å². The lowest BCUT2D eigenvalue weighted by atomic mass is 9.74. The number of piperazine rings is 1. The van der Waals surface area contributed by atoms with Crippen molar-refractivity contribution in [2.45, 2.75) is 126 Å². The first-order valence-electron chi connectivity index (χ1n) is 15.6. The SMILES string of the molecule is COC1CCC(C2=N[C@@H](C3CCCC(Cl)C3)[C@@H](C3CCC(Cl)CC3)N2C(=O)N2CCNC(=O)C2)C(OC(C)C)C1. The number of nitrogens with one attached hydrogen (secondary N) is 1. The van der Waals surface area contributed by atoms with Crippen molar-refractivity contribution in [3.8, 4) is 0 Å². The predicted octanol–water partition coefficient (Wildman–Crippen LogP) is 5.19. The Balaban J connectivity index is 1.54. The van der Waals surface area contributed by atoms with Gasteiger partial charge in [0.2, 0.25) is 5.91 Å². The second-order valence-electron chi connectivity index (χ2n) is 12.9. The molecule has 8 nitrogen and oxygen atoms in total. The van der Waals surface area contributed by atoms with Gasteiger partial charge in [-0.3, -0.25) is 14.7 Å². The molecule has 0 aromatic rings. The number of hydrogen-bond acceptors (Lipinski definition) is 5. The molecule has 10 heteroatoms. The maximum atomic E-state index is 14.5. The molecule has 5 unspecified atom stereocenters. The van der Waals surface area contributed by atoms with Crippen LogP contribution in [0.1, 0.15) is 84.5 Å². The molecule has 0 aromatic heterocycles. The number of aliphatic imine (C=N–C) groups is 1. The number of carbonyl (C=O) groups excluding carboxylic acids is 2. The van der Waals surface area contributed by atoms with E-state index in [1.807, 2.05) is 0 Å². The molecule has 0 radical (unpaired) electrons. The molecule has 226 valence electrons. The number of methoxy groups -OCH3 is 1. The number of amidine groups is 1. The van der Waals surface area contributed by atoms with Crippen LogP contribution in [0, 0.1) is 17.8 Å². The van der Waals surface area contributed by atoms with Gasteiger partial charge in [0.15, 0.2) is 0 Å². The van der Waals surface area contributed by atoms with Crippen LogP contribution in [0.4, 0.5) is 4.79 Å². The summed E-state index contributed by atoms with van der Waals surface area (Å²) in [7, 11) is 1.77. The molecule has 3 aliphatic carbocycles. The van der Waals surface area contributed by atoms with Crippen LogP contribution in [-0.2, 0) is 14.3 Å². The van der Waals surface area contributed by atoms with Crippen LogP contribution >= 0.6 is 23.2 Å². The Bertz CT molecular complexity index is 927. The van der Waals surface area contributed by atoms with E-state index >= 15 is 0 Å². The number of ether oxygens (including phenoxy) is 2. The maximum Gasteiger partial charge on any atom is 0.326 e. The normalized spacial score (nSPS) is 39.3. The van der Waals surface area contributed by atoms with E-state index in [0.717, 1.165) is 76.5 Å². The van der Waals surface area contributed by atoms with Crippen LogP contribution in [0.3, 0.4) is 0 Å². The Morgan fingerprint density at radius 2 is 1.77 bits per heavy atom. The quantitative estimate of drug-likeness (QED) is 0.426. The fraction of sp³-hybridized carbons (Fsp3) is 0.900. The zero-order valence-corrected chi connectivity index (χ0v) is 25.9. The third-order valence-corrected chi connectivity index (χ3v) is 10.7. The summed E-state index contributed by atoms with van der Waals surface area (Å²) in [6, 6.07) is -0.108. The van der Waals surface area contributed by atoms with E-state index in [1.54, 1.807) is 12.0 Å². The first-order chi connectivity index (χ1) is 19.2. The number of amides is 3. The number of urea groups is 1. The minimum Gasteiger partial charge on any atom is -0.381 e. The molecule has 4 fully saturated rings. The molecule has 1 N–H and O–H groups in total. The van der Waals surface area contributed by atoms with E-state index in [-0.39, 0.29) is 65.6 Å². The summed E-state index contributed by atoms with van der Waals surface area (Å²) < 4.78 is 12.3. The highest BCUT2D eigenvalue weighted by atomic mass is 35.5. The minimum absolute atomic E-state index is 0.00335. The predicted molar refractivity (Wildman–Crippen MR) is 158 cm³/mol. The lowest BCUT2D eigenvalue weighted by Gasteiger charge is -2.44. The van der Waals surface area contributed by atoms with Crippen molar-refractivity contribution in [1.82, 2.24) is 15.1 Å². The molecule has 7 atom stereocenters. The van der Waals surface area contributed by atoms with Gasteiger partial charge in [-0.1, -0.05) is 6.42 Å². The lowest BCUT2D eigenvalue weighted by molar-refractivity contribution is -0.123. The number of halogens is 2. The van der Waals surface area contributed by atoms with Crippen LogP contribution in [0.2, 0.25) is 0 Å². The van der Waals surface area contributed by atoms with E-state index in [4.69, 9.17) is 37.7 Å².